The molecule has 0 aliphatic heterocycles. The predicted molar refractivity (Wildman–Crippen MR) is 106 cm³/mol. The number of fused-ring (bicyclic) bond motifs is 3. The van der Waals surface area contributed by atoms with E-state index < -0.39 is 0 Å². The van der Waals surface area contributed by atoms with E-state index in [-0.39, 0.29) is 5.41 Å². The first-order valence-electron chi connectivity index (χ1n) is 8.55. The van der Waals surface area contributed by atoms with Crippen molar-refractivity contribution in [1.29, 1.82) is 0 Å². The van der Waals surface area contributed by atoms with Gasteiger partial charge in [-0.15, -0.1) is 0 Å². The SMILES string of the molecule is CC(C)(C)c1cccc(-c2cccc3c2ccc2ccccc23)c1. The Kier molecular flexibility index (Phi) is 3.42. The van der Waals surface area contributed by atoms with Gasteiger partial charge in [-0.3, -0.25) is 0 Å². The second-order valence-corrected chi connectivity index (χ2v) is 7.52. The second kappa shape index (κ2) is 5.49. The molecule has 0 amide bonds. The lowest BCUT2D eigenvalue weighted by atomic mass is 9.85. The Hall–Kier alpha value is -2.60. The highest BCUT2D eigenvalue weighted by Crippen LogP contribution is 2.34. The first kappa shape index (κ1) is 15.0. The van der Waals surface area contributed by atoms with E-state index in [4.69, 9.17) is 0 Å². The van der Waals surface area contributed by atoms with Crippen molar-refractivity contribution in [2.75, 3.05) is 0 Å². The van der Waals surface area contributed by atoms with Crippen molar-refractivity contribution in [3.05, 3.63) is 84.4 Å². The topological polar surface area (TPSA) is 0 Å². The smallest absolute Gasteiger partial charge is 0.00990 e. The van der Waals surface area contributed by atoms with E-state index in [1.54, 1.807) is 0 Å². The third kappa shape index (κ3) is 2.49. The summed E-state index contributed by atoms with van der Waals surface area (Å²) in [5.74, 6) is 0. The van der Waals surface area contributed by atoms with Crippen molar-refractivity contribution in [2.45, 2.75) is 26.2 Å². The highest BCUT2D eigenvalue weighted by molar-refractivity contribution is 6.11. The second-order valence-electron chi connectivity index (χ2n) is 7.52. The van der Waals surface area contributed by atoms with Gasteiger partial charge in [0.25, 0.3) is 0 Å². The lowest BCUT2D eigenvalue weighted by molar-refractivity contribution is 0.590. The minimum atomic E-state index is 0.160. The molecule has 4 rings (SSSR count). The molecule has 0 heterocycles. The summed E-state index contributed by atoms with van der Waals surface area (Å²) < 4.78 is 0. The normalized spacial score (nSPS) is 12.0. The fraction of sp³-hybridized carbons (Fsp3) is 0.167. The van der Waals surface area contributed by atoms with Crippen LogP contribution in [-0.4, -0.2) is 0 Å². The highest BCUT2D eigenvalue weighted by Gasteiger charge is 2.14. The Morgan fingerprint density at radius 2 is 1.33 bits per heavy atom. The van der Waals surface area contributed by atoms with Crippen LogP contribution in [0.25, 0.3) is 32.7 Å². The molecule has 4 aromatic rings. The summed E-state index contributed by atoms with van der Waals surface area (Å²) in [5, 5.41) is 5.27. The van der Waals surface area contributed by atoms with Crippen LogP contribution in [0.4, 0.5) is 0 Å². The maximum Gasteiger partial charge on any atom is -0.00990 e. The third-order valence-electron chi connectivity index (χ3n) is 4.83. The van der Waals surface area contributed by atoms with Gasteiger partial charge in [0.1, 0.15) is 0 Å². The molecule has 0 aromatic heterocycles. The van der Waals surface area contributed by atoms with Crippen LogP contribution in [0.5, 0.6) is 0 Å². The van der Waals surface area contributed by atoms with Gasteiger partial charge in [0, 0.05) is 0 Å². The molecule has 0 saturated heterocycles. The first-order valence-corrected chi connectivity index (χ1v) is 8.55. The van der Waals surface area contributed by atoms with Gasteiger partial charge in [0.05, 0.1) is 0 Å². The lowest BCUT2D eigenvalue weighted by Crippen LogP contribution is -2.10. The van der Waals surface area contributed by atoms with Gasteiger partial charge < -0.3 is 0 Å². The monoisotopic (exact) mass is 310 g/mol. The molecule has 4 aromatic carbocycles. The molecule has 118 valence electrons. The first-order chi connectivity index (χ1) is 11.5. The number of rotatable bonds is 1. The molecule has 0 heteroatoms. The van der Waals surface area contributed by atoms with E-state index in [2.05, 4.69) is 99.6 Å². The summed E-state index contributed by atoms with van der Waals surface area (Å²) in [7, 11) is 0. The Bertz CT molecular complexity index is 1030. The summed E-state index contributed by atoms with van der Waals surface area (Å²) in [4.78, 5) is 0. The molecule has 0 N–H and O–H groups in total. The molecule has 0 unspecified atom stereocenters. The van der Waals surface area contributed by atoms with E-state index in [1.165, 1.54) is 38.2 Å². The molecular formula is C24H22. The largest absolute Gasteiger partial charge is 0.0616 e. The Labute approximate surface area is 143 Å². The Morgan fingerprint density at radius 1 is 0.583 bits per heavy atom. The maximum atomic E-state index is 2.34. The van der Waals surface area contributed by atoms with Crippen LogP contribution in [0.15, 0.2) is 78.9 Å². The molecular weight excluding hydrogens is 288 g/mol. The van der Waals surface area contributed by atoms with Gasteiger partial charge in [-0.05, 0) is 43.7 Å². The van der Waals surface area contributed by atoms with Crippen LogP contribution in [0.2, 0.25) is 0 Å². The van der Waals surface area contributed by atoms with Crippen LogP contribution in [0.3, 0.4) is 0 Å². The summed E-state index contributed by atoms with van der Waals surface area (Å²) >= 11 is 0. The van der Waals surface area contributed by atoms with Gasteiger partial charge in [0.2, 0.25) is 0 Å². The fourth-order valence-electron chi connectivity index (χ4n) is 3.45. The zero-order valence-corrected chi connectivity index (χ0v) is 14.5. The van der Waals surface area contributed by atoms with Gasteiger partial charge >= 0.3 is 0 Å². The average molecular weight is 310 g/mol. The third-order valence-corrected chi connectivity index (χ3v) is 4.83. The molecule has 0 saturated carbocycles. The van der Waals surface area contributed by atoms with Gasteiger partial charge in [0.15, 0.2) is 0 Å². The molecule has 0 nitrogen and oxygen atoms in total. The standard InChI is InChI=1S/C24H22/c1-24(2,3)19-10-6-9-18(16-19)21-12-7-13-22-20-11-5-4-8-17(20)14-15-23(21)22/h4-16H,1-3H3. The molecule has 0 fully saturated rings. The zero-order valence-electron chi connectivity index (χ0n) is 14.5. The van der Waals surface area contributed by atoms with E-state index in [0.29, 0.717) is 0 Å². The van der Waals surface area contributed by atoms with Crippen LogP contribution in [-0.2, 0) is 5.41 Å². The van der Waals surface area contributed by atoms with E-state index in [1.807, 2.05) is 0 Å². The highest BCUT2D eigenvalue weighted by atomic mass is 14.2. The van der Waals surface area contributed by atoms with Crippen molar-refractivity contribution in [3.63, 3.8) is 0 Å². The molecule has 24 heavy (non-hydrogen) atoms. The van der Waals surface area contributed by atoms with Crippen molar-refractivity contribution >= 4 is 21.5 Å². The quantitative estimate of drug-likeness (QED) is 0.333. The summed E-state index contributed by atoms with van der Waals surface area (Å²) in [6.45, 7) is 6.80. The zero-order chi connectivity index (χ0) is 16.7. The van der Waals surface area contributed by atoms with Crippen LogP contribution in [0, 0.1) is 0 Å². The molecule has 0 spiro atoms. The summed E-state index contributed by atoms with van der Waals surface area (Å²) in [5.41, 5.74) is 4.14. The molecule has 0 aliphatic rings. The number of hydrogen-bond donors (Lipinski definition) is 0. The van der Waals surface area contributed by atoms with E-state index >= 15 is 0 Å². The number of benzene rings is 4. The number of hydrogen-bond acceptors (Lipinski definition) is 0. The summed E-state index contributed by atoms with van der Waals surface area (Å²) in [6, 6.07) is 28.7. The summed E-state index contributed by atoms with van der Waals surface area (Å²) in [6.07, 6.45) is 0. The van der Waals surface area contributed by atoms with Crippen molar-refractivity contribution in [1.82, 2.24) is 0 Å². The molecule has 0 radical (unpaired) electrons. The van der Waals surface area contributed by atoms with Crippen molar-refractivity contribution in [2.24, 2.45) is 0 Å². The predicted octanol–water partition coefficient (Wildman–Crippen LogP) is 6.96. The van der Waals surface area contributed by atoms with Gasteiger partial charge in [-0.2, -0.15) is 0 Å². The average Bonchev–Trinajstić information content (AvgIpc) is 2.60. The van der Waals surface area contributed by atoms with E-state index in [9.17, 15) is 0 Å². The Balaban J connectivity index is 2.00. The van der Waals surface area contributed by atoms with Gasteiger partial charge in [-0.1, -0.05) is 99.6 Å². The van der Waals surface area contributed by atoms with Crippen molar-refractivity contribution < 1.29 is 0 Å². The van der Waals surface area contributed by atoms with Gasteiger partial charge in [-0.25, -0.2) is 0 Å². The minimum Gasteiger partial charge on any atom is -0.0616 e. The molecule has 0 aliphatic carbocycles. The molecule has 0 bridgehead atoms. The molecule has 0 atom stereocenters. The van der Waals surface area contributed by atoms with E-state index in [0.717, 1.165) is 0 Å². The minimum absolute atomic E-state index is 0.160. The van der Waals surface area contributed by atoms with Crippen molar-refractivity contribution in [3.8, 4) is 11.1 Å². The lowest BCUT2D eigenvalue weighted by Gasteiger charge is -2.20. The maximum absolute atomic E-state index is 2.34. The Morgan fingerprint density at radius 3 is 2.17 bits per heavy atom. The fourth-order valence-corrected chi connectivity index (χ4v) is 3.45. The van der Waals surface area contributed by atoms with Crippen LogP contribution in [0.1, 0.15) is 26.3 Å². The van der Waals surface area contributed by atoms with Crippen LogP contribution >= 0.6 is 0 Å². The van der Waals surface area contributed by atoms with Crippen LogP contribution < -0.4 is 0 Å².